The third-order valence-corrected chi connectivity index (χ3v) is 0.961. The molecule has 0 aliphatic rings. The van der Waals surface area contributed by atoms with E-state index in [-0.39, 0.29) is 6.54 Å². The van der Waals surface area contributed by atoms with E-state index in [9.17, 15) is 4.91 Å². The number of nitroso groups, excluding NO2 is 1. The van der Waals surface area contributed by atoms with E-state index >= 15 is 0 Å². The molecule has 66 valence electrons. The van der Waals surface area contributed by atoms with Crippen molar-refractivity contribution in [1.29, 1.82) is 0 Å². The fourth-order valence-corrected chi connectivity index (χ4v) is 0.507. The quantitative estimate of drug-likeness (QED) is 0.394. The molecule has 5 nitrogen and oxygen atoms in total. The van der Waals surface area contributed by atoms with Gasteiger partial charge in [-0.15, -0.1) is 0 Å². The van der Waals surface area contributed by atoms with Gasteiger partial charge in [-0.1, -0.05) is 5.18 Å². The summed E-state index contributed by atoms with van der Waals surface area (Å²) in [5.74, 6) is 0. The lowest BCUT2D eigenvalue weighted by atomic mass is 10.7. The van der Waals surface area contributed by atoms with Crippen LogP contribution >= 0.6 is 0 Å². The molecule has 0 aromatic rings. The van der Waals surface area contributed by atoms with Gasteiger partial charge in [-0.3, -0.25) is 0 Å². The molecule has 0 spiro atoms. The molecule has 0 fully saturated rings. The van der Waals surface area contributed by atoms with Gasteiger partial charge < -0.3 is 15.2 Å². The lowest BCUT2D eigenvalue weighted by molar-refractivity contribution is 0.0539. The predicted octanol–water partition coefficient (Wildman–Crippen LogP) is -0.255. The second-order valence-electron chi connectivity index (χ2n) is 1.87. The van der Waals surface area contributed by atoms with Crippen LogP contribution in [0.25, 0.3) is 0 Å². The fourth-order valence-electron chi connectivity index (χ4n) is 0.507. The SMILES string of the molecule is NCCOCCOCCN=O. The summed E-state index contributed by atoms with van der Waals surface area (Å²) >= 11 is 0. The molecule has 0 radical (unpaired) electrons. The van der Waals surface area contributed by atoms with Crippen LogP contribution in [0, 0.1) is 4.91 Å². The number of nitrogens with zero attached hydrogens (tertiary/aromatic N) is 1. The Bertz CT molecular complexity index is 89.9. The number of hydrogen-bond donors (Lipinski definition) is 1. The van der Waals surface area contributed by atoms with Crippen LogP contribution in [0.15, 0.2) is 5.18 Å². The predicted molar refractivity (Wildman–Crippen MR) is 41.4 cm³/mol. The van der Waals surface area contributed by atoms with Gasteiger partial charge in [-0.25, -0.2) is 0 Å². The molecule has 0 saturated heterocycles. The van der Waals surface area contributed by atoms with Gasteiger partial charge in [0.15, 0.2) is 0 Å². The van der Waals surface area contributed by atoms with E-state index in [2.05, 4.69) is 5.18 Å². The molecule has 11 heavy (non-hydrogen) atoms. The summed E-state index contributed by atoms with van der Waals surface area (Å²) in [6, 6.07) is 0. The molecule has 0 atom stereocenters. The molecule has 0 saturated carbocycles. The zero-order chi connectivity index (χ0) is 8.36. The largest absolute Gasteiger partial charge is 0.378 e. The van der Waals surface area contributed by atoms with Crippen molar-refractivity contribution in [3.8, 4) is 0 Å². The maximum absolute atomic E-state index is 9.56. The monoisotopic (exact) mass is 162 g/mol. The fraction of sp³-hybridized carbons (Fsp3) is 1.00. The van der Waals surface area contributed by atoms with Crippen molar-refractivity contribution < 1.29 is 9.47 Å². The van der Waals surface area contributed by atoms with Gasteiger partial charge in [0.05, 0.1) is 26.4 Å². The first kappa shape index (κ1) is 10.5. The van der Waals surface area contributed by atoms with Gasteiger partial charge in [0.1, 0.15) is 6.54 Å². The maximum Gasteiger partial charge on any atom is 0.104 e. The number of ether oxygens (including phenoxy) is 2. The second kappa shape index (κ2) is 9.48. The van der Waals surface area contributed by atoms with E-state index in [1.54, 1.807) is 0 Å². The first-order valence-corrected chi connectivity index (χ1v) is 3.56. The molecule has 5 heteroatoms. The molecule has 0 aromatic heterocycles. The average Bonchev–Trinajstić information content (AvgIpc) is 2.03. The van der Waals surface area contributed by atoms with E-state index in [1.807, 2.05) is 0 Å². The molecular weight excluding hydrogens is 148 g/mol. The third kappa shape index (κ3) is 9.48. The van der Waals surface area contributed by atoms with Crippen LogP contribution in [-0.4, -0.2) is 39.5 Å². The molecule has 0 amide bonds. The Morgan fingerprint density at radius 3 is 2.27 bits per heavy atom. The first-order chi connectivity index (χ1) is 5.41. The number of nitrogens with two attached hydrogens (primary N) is 1. The molecule has 0 aliphatic heterocycles. The number of rotatable bonds is 8. The highest BCUT2D eigenvalue weighted by Crippen LogP contribution is 1.78. The zero-order valence-corrected chi connectivity index (χ0v) is 6.49. The van der Waals surface area contributed by atoms with Crippen LogP contribution in [-0.2, 0) is 9.47 Å². The normalized spacial score (nSPS) is 9.91. The van der Waals surface area contributed by atoms with Crippen molar-refractivity contribution in [3.63, 3.8) is 0 Å². The van der Waals surface area contributed by atoms with E-state index < -0.39 is 0 Å². The minimum Gasteiger partial charge on any atom is -0.378 e. The van der Waals surface area contributed by atoms with Crippen molar-refractivity contribution in [2.24, 2.45) is 10.9 Å². The Morgan fingerprint density at radius 2 is 1.73 bits per heavy atom. The smallest absolute Gasteiger partial charge is 0.104 e. The minimum atomic E-state index is 0.205. The summed E-state index contributed by atoms with van der Waals surface area (Å²) in [5.41, 5.74) is 5.17. The molecule has 0 unspecified atom stereocenters. The van der Waals surface area contributed by atoms with E-state index in [4.69, 9.17) is 15.2 Å². The average molecular weight is 162 g/mol. The molecular formula is C6H14N2O3. The van der Waals surface area contributed by atoms with Crippen LogP contribution in [0.1, 0.15) is 0 Å². The van der Waals surface area contributed by atoms with Crippen LogP contribution in [0.5, 0.6) is 0 Å². The highest BCUT2D eigenvalue weighted by molar-refractivity contribution is 4.38. The summed E-state index contributed by atoms with van der Waals surface area (Å²) in [6.45, 7) is 2.67. The first-order valence-electron chi connectivity index (χ1n) is 3.56. The topological polar surface area (TPSA) is 73.9 Å². The molecule has 0 rings (SSSR count). The maximum atomic E-state index is 9.56. The standard InChI is InChI=1S/C6H14N2O3/c7-1-3-10-5-6-11-4-2-8-9/h1-7H2. The highest BCUT2D eigenvalue weighted by Gasteiger charge is 1.87. The molecule has 2 N–H and O–H groups in total. The Morgan fingerprint density at radius 1 is 1.09 bits per heavy atom. The molecule has 0 bridgehead atoms. The van der Waals surface area contributed by atoms with Crippen LogP contribution in [0.2, 0.25) is 0 Å². The van der Waals surface area contributed by atoms with Crippen molar-refractivity contribution >= 4 is 0 Å². The summed E-state index contributed by atoms with van der Waals surface area (Å²) in [5, 5.41) is 2.63. The summed E-state index contributed by atoms with van der Waals surface area (Å²) in [7, 11) is 0. The van der Waals surface area contributed by atoms with Crippen molar-refractivity contribution in [1.82, 2.24) is 0 Å². The highest BCUT2D eigenvalue weighted by atomic mass is 16.5. The van der Waals surface area contributed by atoms with Gasteiger partial charge in [-0.05, 0) is 0 Å². The van der Waals surface area contributed by atoms with Crippen molar-refractivity contribution in [3.05, 3.63) is 4.91 Å². The van der Waals surface area contributed by atoms with Gasteiger partial charge in [0.25, 0.3) is 0 Å². The zero-order valence-electron chi connectivity index (χ0n) is 6.49. The van der Waals surface area contributed by atoms with Crippen LogP contribution < -0.4 is 5.73 Å². The van der Waals surface area contributed by atoms with E-state index in [1.165, 1.54) is 0 Å². The number of hydrogen-bond acceptors (Lipinski definition) is 5. The van der Waals surface area contributed by atoms with Crippen LogP contribution in [0.4, 0.5) is 0 Å². The Hall–Kier alpha value is -0.520. The van der Waals surface area contributed by atoms with Crippen molar-refractivity contribution in [2.75, 3.05) is 39.5 Å². The lowest BCUT2D eigenvalue weighted by Crippen LogP contribution is -2.12. The molecule has 0 aromatic carbocycles. The molecule has 0 heterocycles. The van der Waals surface area contributed by atoms with Gasteiger partial charge >= 0.3 is 0 Å². The summed E-state index contributed by atoms with van der Waals surface area (Å²) in [4.78, 5) is 9.56. The Labute approximate surface area is 65.8 Å². The summed E-state index contributed by atoms with van der Waals surface area (Å²) < 4.78 is 9.97. The van der Waals surface area contributed by atoms with Crippen LogP contribution in [0.3, 0.4) is 0 Å². The second-order valence-corrected chi connectivity index (χ2v) is 1.87. The summed E-state index contributed by atoms with van der Waals surface area (Å²) in [6.07, 6.45) is 0. The Balaban J connectivity index is 2.74. The van der Waals surface area contributed by atoms with Gasteiger partial charge in [0, 0.05) is 6.54 Å². The third-order valence-electron chi connectivity index (χ3n) is 0.961. The van der Waals surface area contributed by atoms with E-state index in [0.29, 0.717) is 33.0 Å². The Kier molecular flexibility index (Phi) is 9.03. The van der Waals surface area contributed by atoms with E-state index in [0.717, 1.165) is 0 Å². The minimum absolute atomic E-state index is 0.205. The lowest BCUT2D eigenvalue weighted by Gasteiger charge is -2.01. The van der Waals surface area contributed by atoms with Gasteiger partial charge in [-0.2, -0.15) is 4.91 Å². The van der Waals surface area contributed by atoms with Crippen molar-refractivity contribution in [2.45, 2.75) is 0 Å². The van der Waals surface area contributed by atoms with Gasteiger partial charge in [0.2, 0.25) is 0 Å². The molecule has 0 aliphatic carbocycles.